The van der Waals surface area contributed by atoms with Gasteiger partial charge in [0.1, 0.15) is 0 Å². The molecule has 0 radical (unpaired) electrons. The van der Waals surface area contributed by atoms with E-state index < -0.39 is 0 Å². The number of hydrogen-bond acceptors (Lipinski definition) is 3. The van der Waals surface area contributed by atoms with Crippen LogP contribution in [-0.4, -0.2) is 22.1 Å². The fourth-order valence-corrected chi connectivity index (χ4v) is 5.16. The van der Waals surface area contributed by atoms with Crippen LogP contribution < -0.4 is 19.3 Å². The number of fused-ring (bicyclic) bond motifs is 1. The summed E-state index contributed by atoms with van der Waals surface area (Å²) in [6, 6.07) is 23.8. The molecule has 0 aliphatic heterocycles. The van der Waals surface area contributed by atoms with Crippen molar-refractivity contribution in [1.29, 1.82) is 0 Å². The van der Waals surface area contributed by atoms with E-state index in [0.29, 0.717) is 10.0 Å². The van der Waals surface area contributed by atoms with Gasteiger partial charge in [0.2, 0.25) is 0 Å². The Morgan fingerprint density at radius 2 is 1.67 bits per heavy atom. The third-order valence-electron chi connectivity index (χ3n) is 4.36. The van der Waals surface area contributed by atoms with Gasteiger partial charge < -0.3 is 0 Å². The fourth-order valence-electron chi connectivity index (χ4n) is 3.12. The van der Waals surface area contributed by atoms with Gasteiger partial charge in [0.15, 0.2) is 0 Å². The van der Waals surface area contributed by atoms with Crippen LogP contribution in [0.3, 0.4) is 0 Å². The molecule has 4 aromatic rings. The molecule has 3 nitrogen and oxygen atoms in total. The number of benzene rings is 3. The Hall–Kier alpha value is -2.81. The van der Waals surface area contributed by atoms with E-state index in [-0.39, 0.29) is 20.6 Å². The molecule has 134 valence electrons. The van der Waals surface area contributed by atoms with Crippen LogP contribution in [0.1, 0.15) is 5.56 Å². The maximum absolute atomic E-state index is 12.9. The first-order valence-electron chi connectivity index (χ1n) is 8.61. The summed E-state index contributed by atoms with van der Waals surface area (Å²) >= 11 is -0.185. The van der Waals surface area contributed by atoms with Crippen LogP contribution in [-0.2, 0) is 0 Å². The van der Waals surface area contributed by atoms with E-state index in [1.54, 1.807) is 7.11 Å². The monoisotopic (exact) mass is 422 g/mol. The summed E-state index contributed by atoms with van der Waals surface area (Å²) in [4.78, 5) is 12.9. The molecule has 4 rings (SSSR count). The van der Waals surface area contributed by atoms with Crippen molar-refractivity contribution in [2.75, 3.05) is 7.11 Å². The fraction of sp³-hybridized carbons (Fsp3) is 0.0870. The van der Waals surface area contributed by atoms with Gasteiger partial charge in [0.25, 0.3) is 0 Å². The van der Waals surface area contributed by atoms with Crippen molar-refractivity contribution in [3.63, 3.8) is 0 Å². The molecule has 1 aromatic heterocycles. The summed E-state index contributed by atoms with van der Waals surface area (Å²) in [6.07, 6.45) is 0. The van der Waals surface area contributed by atoms with Gasteiger partial charge in [-0.05, 0) is 0 Å². The number of para-hydroxylation sites is 1. The standard InChI is InChI=1S/C23H18O3Se/c1-15-12-13-20-18(14-15)21(17-10-6-7-11-19(17)25-2)22(23(24)26-20)27-16-8-4-3-5-9-16/h3-14H,1-2H3. The Kier molecular flexibility index (Phi) is 4.84. The summed E-state index contributed by atoms with van der Waals surface area (Å²) in [5, 5.41) is 0.937. The summed E-state index contributed by atoms with van der Waals surface area (Å²) in [6.45, 7) is 2.04. The molecule has 27 heavy (non-hydrogen) atoms. The zero-order valence-electron chi connectivity index (χ0n) is 15.1. The topological polar surface area (TPSA) is 39.4 Å². The predicted octanol–water partition coefficient (Wildman–Crippen LogP) is 3.43. The van der Waals surface area contributed by atoms with Crippen molar-refractivity contribution in [3.8, 4) is 16.9 Å². The Labute approximate surface area is 163 Å². The Morgan fingerprint density at radius 1 is 0.926 bits per heavy atom. The maximum atomic E-state index is 12.9. The second-order valence-corrected chi connectivity index (χ2v) is 8.48. The third-order valence-corrected chi connectivity index (χ3v) is 6.63. The molecule has 0 fully saturated rings. The number of ether oxygens (including phenoxy) is 1. The van der Waals surface area contributed by atoms with E-state index in [1.165, 1.54) is 0 Å². The van der Waals surface area contributed by atoms with Gasteiger partial charge >= 0.3 is 164 Å². The van der Waals surface area contributed by atoms with E-state index in [4.69, 9.17) is 9.15 Å². The molecular weight excluding hydrogens is 403 g/mol. The number of hydrogen-bond donors (Lipinski definition) is 0. The molecule has 0 spiro atoms. The summed E-state index contributed by atoms with van der Waals surface area (Å²) in [5.41, 5.74) is 3.25. The van der Waals surface area contributed by atoms with Crippen LogP contribution in [0.2, 0.25) is 0 Å². The molecule has 0 aliphatic carbocycles. The average molecular weight is 421 g/mol. The molecule has 0 aliphatic rings. The second-order valence-electron chi connectivity index (χ2n) is 6.21. The van der Waals surface area contributed by atoms with Gasteiger partial charge in [-0.3, -0.25) is 0 Å². The minimum absolute atomic E-state index is 0.185. The Morgan fingerprint density at radius 3 is 2.44 bits per heavy atom. The van der Waals surface area contributed by atoms with E-state index >= 15 is 0 Å². The summed E-state index contributed by atoms with van der Waals surface area (Å²) in [7, 11) is 1.65. The molecule has 1 heterocycles. The zero-order chi connectivity index (χ0) is 18.8. The SMILES string of the molecule is COc1ccccc1-c1c([Se]c2ccccc2)c(=O)oc2ccc(C)cc12. The van der Waals surface area contributed by atoms with Crippen LogP contribution in [0.5, 0.6) is 5.75 Å². The number of methoxy groups -OCH3 is 1. The second kappa shape index (κ2) is 7.43. The van der Waals surface area contributed by atoms with Gasteiger partial charge in [-0.2, -0.15) is 0 Å². The van der Waals surface area contributed by atoms with Gasteiger partial charge in [0.05, 0.1) is 0 Å². The Balaban J connectivity index is 2.07. The molecule has 0 amide bonds. The summed E-state index contributed by atoms with van der Waals surface area (Å²) < 4.78 is 13.1. The van der Waals surface area contributed by atoms with Crippen LogP contribution in [0, 0.1) is 6.92 Å². The normalized spacial score (nSPS) is 10.9. The van der Waals surface area contributed by atoms with Crippen molar-refractivity contribution in [2.24, 2.45) is 0 Å². The van der Waals surface area contributed by atoms with E-state index in [2.05, 4.69) is 6.07 Å². The molecule has 4 heteroatoms. The van der Waals surface area contributed by atoms with Gasteiger partial charge in [-0.15, -0.1) is 0 Å². The van der Waals surface area contributed by atoms with E-state index in [0.717, 1.165) is 32.3 Å². The molecule has 0 saturated carbocycles. The van der Waals surface area contributed by atoms with E-state index in [1.807, 2.05) is 73.7 Å². The Bertz CT molecular complexity index is 1160. The zero-order valence-corrected chi connectivity index (χ0v) is 16.8. The van der Waals surface area contributed by atoms with Crippen LogP contribution >= 0.6 is 0 Å². The van der Waals surface area contributed by atoms with Crippen molar-refractivity contribution in [2.45, 2.75) is 6.92 Å². The average Bonchev–Trinajstić information content (AvgIpc) is 2.70. The molecule has 0 saturated heterocycles. The van der Waals surface area contributed by atoms with Crippen molar-refractivity contribution >= 4 is 34.8 Å². The van der Waals surface area contributed by atoms with Crippen LogP contribution in [0.25, 0.3) is 22.1 Å². The van der Waals surface area contributed by atoms with Crippen molar-refractivity contribution in [3.05, 3.63) is 88.8 Å². The molecule has 0 bridgehead atoms. The summed E-state index contributed by atoms with van der Waals surface area (Å²) in [5.74, 6) is 0.746. The first-order valence-corrected chi connectivity index (χ1v) is 10.3. The van der Waals surface area contributed by atoms with Crippen molar-refractivity contribution < 1.29 is 9.15 Å². The number of aryl methyl sites for hydroxylation is 1. The predicted molar refractivity (Wildman–Crippen MR) is 111 cm³/mol. The first kappa shape index (κ1) is 17.6. The van der Waals surface area contributed by atoms with Crippen LogP contribution in [0.15, 0.2) is 82.0 Å². The van der Waals surface area contributed by atoms with Gasteiger partial charge in [-0.1, -0.05) is 0 Å². The number of rotatable bonds is 4. The minimum atomic E-state index is -0.281. The van der Waals surface area contributed by atoms with Crippen LogP contribution in [0.4, 0.5) is 0 Å². The quantitative estimate of drug-likeness (QED) is 0.375. The molecular formula is C23H18O3Se. The van der Waals surface area contributed by atoms with Gasteiger partial charge in [-0.25, -0.2) is 0 Å². The molecule has 0 atom stereocenters. The third kappa shape index (κ3) is 3.42. The van der Waals surface area contributed by atoms with E-state index in [9.17, 15) is 4.79 Å². The van der Waals surface area contributed by atoms with Crippen molar-refractivity contribution in [1.82, 2.24) is 0 Å². The molecule has 3 aromatic carbocycles. The first-order chi connectivity index (χ1) is 13.2. The van der Waals surface area contributed by atoms with Gasteiger partial charge in [0, 0.05) is 0 Å². The molecule has 0 unspecified atom stereocenters. The molecule has 0 N–H and O–H groups in total.